The van der Waals surface area contributed by atoms with Crippen LogP contribution in [0.2, 0.25) is 0 Å². The van der Waals surface area contributed by atoms with Crippen LogP contribution in [0, 0.1) is 10.1 Å². The number of hydrogen-bond acceptors (Lipinski definition) is 6. The SMILES string of the molecule is CC(C)(C)n1nnnc1[C@H](Nc1ccc(C(F)(F)F)cc1)c1ccc([N+](=O)[O-])cc1. The molecule has 1 N–H and O–H groups in total. The van der Waals surface area contributed by atoms with Crippen LogP contribution in [-0.2, 0) is 11.7 Å². The van der Waals surface area contributed by atoms with Gasteiger partial charge in [0.05, 0.1) is 16.0 Å². The van der Waals surface area contributed by atoms with Gasteiger partial charge in [-0.2, -0.15) is 13.2 Å². The highest BCUT2D eigenvalue weighted by Crippen LogP contribution is 2.32. The van der Waals surface area contributed by atoms with Crippen LogP contribution in [0.1, 0.15) is 43.8 Å². The van der Waals surface area contributed by atoms with Gasteiger partial charge >= 0.3 is 6.18 Å². The quantitative estimate of drug-likeness (QED) is 0.480. The number of halogens is 3. The molecule has 0 amide bonds. The molecule has 3 rings (SSSR count). The van der Waals surface area contributed by atoms with Crippen molar-refractivity contribution in [1.82, 2.24) is 20.2 Å². The van der Waals surface area contributed by atoms with E-state index in [0.29, 0.717) is 17.1 Å². The second kappa shape index (κ2) is 7.73. The van der Waals surface area contributed by atoms with Crippen LogP contribution in [0.25, 0.3) is 0 Å². The molecule has 2 aromatic carbocycles. The van der Waals surface area contributed by atoms with E-state index in [2.05, 4.69) is 20.8 Å². The molecule has 0 aliphatic rings. The fraction of sp³-hybridized carbons (Fsp3) is 0.316. The Morgan fingerprint density at radius 3 is 2.13 bits per heavy atom. The van der Waals surface area contributed by atoms with Crippen molar-refractivity contribution < 1.29 is 18.1 Å². The Balaban J connectivity index is 2.02. The van der Waals surface area contributed by atoms with E-state index in [1.807, 2.05) is 20.8 Å². The monoisotopic (exact) mass is 420 g/mol. The minimum atomic E-state index is -4.44. The molecule has 1 atom stereocenters. The predicted octanol–water partition coefficient (Wildman–Crippen LogP) is 4.56. The number of nitrogens with zero attached hydrogens (tertiary/aromatic N) is 5. The van der Waals surface area contributed by atoms with Crippen molar-refractivity contribution in [2.75, 3.05) is 5.32 Å². The Morgan fingerprint density at radius 1 is 1.03 bits per heavy atom. The van der Waals surface area contributed by atoms with Crippen molar-refractivity contribution in [1.29, 1.82) is 0 Å². The number of nitro benzene ring substituents is 1. The molecule has 0 aliphatic heterocycles. The van der Waals surface area contributed by atoms with E-state index in [-0.39, 0.29) is 5.69 Å². The summed E-state index contributed by atoms with van der Waals surface area (Å²) >= 11 is 0. The molecular formula is C19H19F3N6O2. The number of benzene rings is 2. The second-order valence-electron chi connectivity index (χ2n) is 7.62. The number of anilines is 1. The molecule has 30 heavy (non-hydrogen) atoms. The van der Waals surface area contributed by atoms with Gasteiger partial charge in [-0.1, -0.05) is 0 Å². The summed E-state index contributed by atoms with van der Waals surface area (Å²) < 4.78 is 40.2. The number of hydrogen-bond donors (Lipinski definition) is 1. The lowest BCUT2D eigenvalue weighted by atomic mass is 10.0. The molecule has 11 heteroatoms. The van der Waals surface area contributed by atoms with Gasteiger partial charge in [0.1, 0.15) is 6.04 Å². The van der Waals surface area contributed by atoms with Crippen molar-refractivity contribution in [3.8, 4) is 0 Å². The van der Waals surface area contributed by atoms with Gasteiger partial charge in [-0.05, 0) is 73.2 Å². The molecule has 0 radical (unpaired) electrons. The maximum atomic E-state index is 12.9. The minimum absolute atomic E-state index is 0.0811. The zero-order chi connectivity index (χ0) is 22.1. The molecular weight excluding hydrogens is 401 g/mol. The van der Waals surface area contributed by atoms with Crippen LogP contribution in [-0.4, -0.2) is 25.1 Å². The van der Waals surface area contributed by atoms with Gasteiger partial charge < -0.3 is 5.32 Å². The second-order valence-corrected chi connectivity index (χ2v) is 7.62. The van der Waals surface area contributed by atoms with Crippen LogP contribution in [0.5, 0.6) is 0 Å². The topological polar surface area (TPSA) is 98.8 Å². The third kappa shape index (κ3) is 4.56. The molecule has 3 aromatic rings. The van der Waals surface area contributed by atoms with Gasteiger partial charge in [-0.15, -0.1) is 5.10 Å². The molecule has 0 unspecified atom stereocenters. The van der Waals surface area contributed by atoms with Crippen LogP contribution in [0.4, 0.5) is 24.5 Å². The smallest absolute Gasteiger partial charge is 0.371 e. The lowest BCUT2D eigenvalue weighted by Gasteiger charge is -2.25. The van der Waals surface area contributed by atoms with Gasteiger partial charge in [0.25, 0.3) is 5.69 Å². The molecule has 0 aliphatic carbocycles. The van der Waals surface area contributed by atoms with E-state index >= 15 is 0 Å². The number of alkyl halides is 3. The van der Waals surface area contributed by atoms with Crippen LogP contribution < -0.4 is 5.32 Å². The third-order valence-electron chi connectivity index (χ3n) is 4.35. The average molecular weight is 420 g/mol. The average Bonchev–Trinajstić information content (AvgIpc) is 3.16. The van der Waals surface area contributed by atoms with Gasteiger partial charge in [-0.25, -0.2) is 4.68 Å². The first kappa shape index (κ1) is 21.2. The number of non-ortho nitro benzene ring substituents is 1. The Bertz CT molecular complexity index is 1020. The molecule has 0 fully saturated rings. The zero-order valence-electron chi connectivity index (χ0n) is 16.4. The fourth-order valence-corrected chi connectivity index (χ4v) is 2.86. The lowest BCUT2D eigenvalue weighted by molar-refractivity contribution is -0.384. The van der Waals surface area contributed by atoms with Crippen molar-refractivity contribution in [2.45, 2.75) is 38.5 Å². The number of aromatic nitrogens is 4. The van der Waals surface area contributed by atoms with Crippen LogP contribution in [0.3, 0.4) is 0 Å². The van der Waals surface area contributed by atoms with Gasteiger partial charge in [0.2, 0.25) is 0 Å². The highest BCUT2D eigenvalue weighted by molar-refractivity contribution is 5.49. The highest BCUT2D eigenvalue weighted by atomic mass is 19.4. The van der Waals surface area contributed by atoms with Crippen LogP contribution in [0.15, 0.2) is 48.5 Å². The molecule has 0 spiro atoms. The Kier molecular flexibility index (Phi) is 5.47. The minimum Gasteiger partial charge on any atom is -0.371 e. The molecule has 158 valence electrons. The van der Waals surface area contributed by atoms with E-state index in [0.717, 1.165) is 12.1 Å². The number of nitrogens with one attached hydrogen (secondary N) is 1. The molecule has 1 heterocycles. The normalized spacial score (nSPS) is 13.1. The van der Waals surface area contributed by atoms with Crippen molar-refractivity contribution in [3.05, 3.63) is 75.6 Å². The first-order valence-corrected chi connectivity index (χ1v) is 8.94. The van der Waals surface area contributed by atoms with Crippen molar-refractivity contribution in [2.24, 2.45) is 0 Å². The molecule has 0 saturated heterocycles. The van der Waals surface area contributed by atoms with Gasteiger partial charge in [0.15, 0.2) is 5.82 Å². The van der Waals surface area contributed by atoms with E-state index in [4.69, 9.17) is 0 Å². The maximum Gasteiger partial charge on any atom is 0.416 e. The summed E-state index contributed by atoms with van der Waals surface area (Å²) in [6.07, 6.45) is -4.44. The number of rotatable bonds is 5. The van der Waals surface area contributed by atoms with Crippen molar-refractivity contribution >= 4 is 11.4 Å². The van der Waals surface area contributed by atoms with Gasteiger partial charge in [-0.3, -0.25) is 10.1 Å². The molecule has 8 nitrogen and oxygen atoms in total. The summed E-state index contributed by atoms with van der Waals surface area (Å²) in [5.41, 5.74) is -0.294. The van der Waals surface area contributed by atoms with Crippen molar-refractivity contribution in [3.63, 3.8) is 0 Å². The lowest BCUT2D eigenvalue weighted by Crippen LogP contribution is -2.29. The van der Waals surface area contributed by atoms with E-state index in [1.54, 1.807) is 16.8 Å². The summed E-state index contributed by atoms with van der Waals surface area (Å²) in [5.74, 6) is 0.413. The fourth-order valence-electron chi connectivity index (χ4n) is 2.86. The Hall–Kier alpha value is -3.50. The maximum absolute atomic E-state index is 12.9. The highest BCUT2D eigenvalue weighted by Gasteiger charge is 2.31. The standard InChI is InChI=1S/C19H19F3N6O2/c1-18(2,3)27-17(24-25-26-27)16(12-4-10-15(11-5-12)28(29)30)23-14-8-6-13(7-9-14)19(20,21)22/h4-11,16,23H,1-3H3/t16-/m1/s1. The zero-order valence-corrected chi connectivity index (χ0v) is 16.4. The van der Waals surface area contributed by atoms with Gasteiger partial charge in [0, 0.05) is 17.8 Å². The number of tetrazole rings is 1. The first-order valence-electron chi connectivity index (χ1n) is 8.94. The summed E-state index contributed by atoms with van der Waals surface area (Å²) in [6, 6.07) is 9.73. The Morgan fingerprint density at radius 2 is 1.63 bits per heavy atom. The molecule has 0 saturated carbocycles. The largest absolute Gasteiger partial charge is 0.416 e. The molecule has 0 bridgehead atoms. The molecule has 1 aromatic heterocycles. The summed E-state index contributed by atoms with van der Waals surface area (Å²) in [5, 5.41) is 26.0. The summed E-state index contributed by atoms with van der Waals surface area (Å²) in [6.45, 7) is 5.70. The van der Waals surface area contributed by atoms with E-state index in [1.165, 1.54) is 24.3 Å². The van der Waals surface area contributed by atoms with Crippen LogP contribution >= 0.6 is 0 Å². The summed E-state index contributed by atoms with van der Waals surface area (Å²) in [4.78, 5) is 10.4. The number of nitro groups is 1. The summed E-state index contributed by atoms with van der Waals surface area (Å²) in [7, 11) is 0. The van der Waals surface area contributed by atoms with E-state index in [9.17, 15) is 23.3 Å². The Labute approximate surface area is 169 Å². The predicted molar refractivity (Wildman–Crippen MR) is 103 cm³/mol. The first-order chi connectivity index (χ1) is 14.0. The third-order valence-corrected chi connectivity index (χ3v) is 4.35. The van der Waals surface area contributed by atoms with E-state index < -0.39 is 28.2 Å².